The molecule has 1 aliphatic rings. The molecule has 1 N–H and O–H groups in total. The van der Waals surface area contributed by atoms with E-state index in [1.54, 1.807) is 13.8 Å². The summed E-state index contributed by atoms with van der Waals surface area (Å²) in [6.45, 7) is 8.22. The van der Waals surface area contributed by atoms with E-state index in [-0.39, 0.29) is 35.2 Å². The maximum Gasteiger partial charge on any atom is 0.416 e. The van der Waals surface area contributed by atoms with Gasteiger partial charge in [0, 0.05) is 24.5 Å². The fourth-order valence-electron chi connectivity index (χ4n) is 3.82. The molecule has 0 atom stereocenters. The van der Waals surface area contributed by atoms with E-state index >= 15 is 0 Å². The number of hydrogen-bond donors (Lipinski definition) is 1. The van der Waals surface area contributed by atoms with Crippen LogP contribution in [-0.2, 0) is 17.5 Å². The summed E-state index contributed by atoms with van der Waals surface area (Å²) >= 11 is 0. The average Bonchev–Trinajstić information content (AvgIpc) is 2.69. The maximum absolute atomic E-state index is 13.1. The zero-order valence-electron chi connectivity index (χ0n) is 17.4. The Labute approximate surface area is 173 Å². The molecule has 0 saturated carbocycles. The topological polar surface area (TPSA) is 67.2 Å². The molecule has 1 aromatic heterocycles. The number of hydrogen-bond acceptors (Lipinski definition) is 4. The van der Waals surface area contributed by atoms with Crippen LogP contribution in [0.4, 0.5) is 13.2 Å². The third kappa shape index (κ3) is 4.83. The largest absolute Gasteiger partial charge is 0.416 e. The van der Waals surface area contributed by atoms with E-state index in [0.717, 1.165) is 49.3 Å². The van der Waals surface area contributed by atoms with Crippen LogP contribution in [0.1, 0.15) is 50.8 Å². The van der Waals surface area contributed by atoms with E-state index in [1.165, 1.54) is 6.07 Å². The minimum absolute atomic E-state index is 0.0513. The number of benzene rings is 1. The highest BCUT2D eigenvalue weighted by atomic mass is 19.4. The van der Waals surface area contributed by atoms with Gasteiger partial charge in [0.25, 0.3) is 5.56 Å². The Kier molecular flexibility index (Phi) is 6.50. The summed E-state index contributed by atoms with van der Waals surface area (Å²) in [5, 5.41) is 7.50. The SMILES string of the molecule is CCN1CCC(NC(=O)Cn2nc(C(C)C)c3cc(C(F)(F)F)ccc3c2=O)CC1. The third-order valence-electron chi connectivity index (χ3n) is 5.56. The zero-order valence-corrected chi connectivity index (χ0v) is 17.4. The van der Waals surface area contributed by atoms with Gasteiger partial charge in [-0.1, -0.05) is 20.8 Å². The lowest BCUT2D eigenvalue weighted by Gasteiger charge is -2.31. The number of amides is 1. The fraction of sp³-hybridized carbons (Fsp3) is 0.571. The molecule has 0 spiro atoms. The molecule has 1 fully saturated rings. The highest BCUT2D eigenvalue weighted by Gasteiger charge is 2.31. The molecule has 30 heavy (non-hydrogen) atoms. The van der Waals surface area contributed by atoms with E-state index in [2.05, 4.69) is 22.2 Å². The second-order valence-corrected chi connectivity index (χ2v) is 8.04. The van der Waals surface area contributed by atoms with Gasteiger partial charge in [0.1, 0.15) is 6.54 Å². The number of rotatable bonds is 5. The minimum atomic E-state index is -4.51. The van der Waals surface area contributed by atoms with Crippen molar-refractivity contribution >= 4 is 16.7 Å². The van der Waals surface area contributed by atoms with Gasteiger partial charge in [0.15, 0.2) is 0 Å². The number of carbonyl (C=O) groups is 1. The van der Waals surface area contributed by atoms with Crippen LogP contribution in [0.15, 0.2) is 23.0 Å². The molecule has 0 bridgehead atoms. The predicted octanol–water partition coefficient (Wildman–Crippen LogP) is 3.14. The Balaban J connectivity index is 1.86. The van der Waals surface area contributed by atoms with Crippen molar-refractivity contribution in [2.24, 2.45) is 0 Å². The molecule has 164 valence electrons. The van der Waals surface area contributed by atoms with Crippen LogP contribution >= 0.6 is 0 Å². The highest BCUT2D eigenvalue weighted by molar-refractivity contribution is 5.85. The number of alkyl halides is 3. The van der Waals surface area contributed by atoms with Crippen molar-refractivity contribution in [2.75, 3.05) is 19.6 Å². The van der Waals surface area contributed by atoms with Crippen molar-refractivity contribution in [2.45, 2.75) is 58.3 Å². The van der Waals surface area contributed by atoms with E-state index in [0.29, 0.717) is 5.69 Å². The first-order chi connectivity index (χ1) is 14.1. The van der Waals surface area contributed by atoms with Crippen LogP contribution in [0.2, 0.25) is 0 Å². The molecule has 1 aromatic carbocycles. The van der Waals surface area contributed by atoms with Crippen molar-refractivity contribution < 1.29 is 18.0 Å². The molecule has 9 heteroatoms. The first kappa shape index (κ1) is 22.3. The van der Waals surface area contributed by atoms with Gasteiger partial charge < -0.3 is 10.2 Å². The van der Waals surface area contributed by atoms with E-state index in [1.807, 2.05) is 0 Å². The van der Waals surface area contributed by atoms with Crippen molar-refractivity contribution in [3.63, 3.8) is 0 Å². The lowest BCUT2D eigenvalue weighted by Crippen LogP contribution is -2.46. The number of aromatic nitrogens is 2. The maximum atomic E-state index is 13.1. The first-order valence-electron chi connectivity index (χ1n) is 10.2. The predicted molar refractivity (Wildman–Crippen MR) is 108 cm³/mol. The fourth-order valence-corrected chi connectivity index (χ4v) is 3.82. The van der Waals surface area contributed by atoms with Gasteiger partial charge in [-0.15, -0.1) is 0 Å². The molecule has 0 radical (unpaired) electrons. The van der Waals surface area contributed by atoms with Crippen LogP contribution in [0.3, 0.4) is 0 Å². The van der Waals surface area contributed by atoms with E-state index in [4.69, 9.17) is 0 Å². The molecular formula is C21H27F3N4O2. The number of piperidine rings is 1. The molecule has 1 amide bonds. The lowest BCUT2D eigenvalue weighted by molar-refractivity contribution is -0.137. The normalized spacial score (nSPS) is 16.4. The number of fused-ring (bicyclic) bond motifs is 1. The summed E-state index contributed by atoms with van der Waals surface area (Å²) < 4.78 is 40.4. The van der Waals surface area contributed by atoms with Gasteiger partial charge in [-0.25, -0.2) is 4.68 Å². The van der Waals surface area contributed by atoms with Crippen LogP contribution in [0.25, 0.3) is 10.8 Å². The van der Waals surface area contributed by atoms with Crippen LogP contribution in [0.5, 0.6) is 0 Å². The number of nitrogens with one attached hydrogen (secondary N) is 1. The molecule has 3 rings (SSSR count). The Hall–Kier alpha value is -2.42. The van der Waals surface area contributed by atoms with Gasteiger partial charge in [0.05, 0.1) is 16.6 Å². The summed E-state index contributed by atoms with van der Waals surface area (Å²) in [7, 11) is 0. The zero-order chi connectivity index (χ0) is 22.1. The monoisotopic (exact) mass is 424 g/mol. The van der Waals surface area contributed by atoms with Crippen LogP contribution in [-0.4, -0.2) is 46.3 Å². The molecule has 2 aromatic rings. The van der Waals surface area contributed by atoms with Crippen LogP contribution < -0.4 is 10.9 Å². The highest BCUT2D eigenvalue weighted by Crippen LogP contribution is 2.32. The Bertz CT molecular complexity index is 977. The van der Waals surface area contributed by atoms with Crippen molar-refractivity contribution in [3.8, 4) is 0 Å². The summed E-state index contributed by atoms with van der Waals surface area (Å²) in [5.74, 6) is -0.537. The second-order valence-electron chi connectivity index (χ2n) is 8.04. The molecule has 0 aliphatic carbocycles. The number of likely N-dealkylation sites (tertiary alicyclic amines) is 1. The smallest absolute Gasteiger partial charge is 0.352 e. The van der Waals surface area contributed by atoms with Crippen molar-refractivity contribution in [1.82, 2.24) is 20.0 Å². The standard InChI is InChI=1S/C21H27F3N4O2/c1-4-27-9-7-15(8-10-27)25-18(29)12-28-20(30)16-6-5-14(21(22,23)24)11-17(16)19(26-28)13(2)3/h5-6,11,13,15H,4,7-10,12H2,1-3H3,(H,25,29). The number of nitrogens with zero attached hydrogens (tertiary/aromatic N) is 3. The van der Waals surface area contributed by atoms with Gasteiger partial charge in [-0.05, 0) is 43.5 Å². The van der Waals surface area contributed by atoms with Gasteiger partial charge in [-0.2, -0.15) is 18.3 Å². The second kappa shape index (κ2) is 8.75. The summed E-state index contributed by atoms with van der Waals surface area (Å²) in [5.41, 5.74) is -1.04. The molecule has 2 heterocycles. The molecular weight excluding hydrogens is 397 g/mol. The summed E-state index contributed by atoms with van der Waals surface area (Å²) in [6.07, 6.45) is -2.82. The molecule has 0 unspecified atom stereocenters. The van der Waals surface area contributed by atoms with E-state index in [9.17, 15) is 22.8 Å². The molecule has 6 nitrogen and oxygen atoms in total. The lowest BCUT2D eigenvalue weighted by atomic mass is 10.0. The Morgan fingerprint density at radius 1 is 1.23 bits per heavy atom. The van der Waals surface area contributed by atoms with Gasteiger partial charge in [0.2, 0.25) is 5.91 Å². The quantitative estimate of drug-likeness (QED) is 0.801. The molecule has 1 saturated heterocycles. The van der Waals surface area contributed by atoms with Crippen LogP contribution in [0, 0.1) is 0 Å². The van der Waals surface area contributed by atoms with Crippen molar-refractivity contribution in [3.05, 3.63) is 39.8 Å². The van der Waals surface area contributed by atoms with Gasteiger partial charge >= 0.3 is 6.18 Å². The first-order valence-corrected chi connectivity index (χ1v) is 10.2. The summed E-state index contributed by atoms with van der Waals surface area (Å²) in [6, 6.07) is 3.07. The minimum Gasteiger partial charge on any atom is -0.352 e. The molecule has 1 aliphatic heterocycles. The van der Waals surface area contributed by atoms with Gasteiger partial charge in [-0.3, -0.25) is 9.59 Å². The Morgan fingerprint density at radius 2 is 1.90 bits per heavy atom. The summed E-state index contributed by atoms with van der Waals surface area (Å²) in [4.78, 5) is 27.6. The number of carbonyl (C=O) groups excluding carboxylic acids is 1. The average molecular weight is 424 g/mol. The van der Waals surface area contributed by atoms with E-state index < -0.39 is 17.3 Å². The Morgan fingerprint density at radius 3 is 2.47 bits per heavy atom. The van der Waals surface area contributed by atoms with Crippen molar-refractivity contribution in [1.29, 1.82) is 0 Å². The third-order valence-corrected chi connectivity index (χ3v) is 5.56. The number of halogens is 3.